The molecule has 1 fully saturated rings. The summed E-state index contributed by atoms with van der Waals surface area (Å²) in [4.78, 5) is 3.88. The minimum absolute atomic E-state index is 0.991. The topological polar surface area (TPSA) is 3.24 Å². The van der Waals surface area contributed by atoms with E-state index in [0.717, 1.165) is 5.75 Å². The maximum absolute atomic E-state index is 3.77. The molecule has 0 amide bonds. The Hall–Kier alpha value is -0.890. The van der Waals surface area contributed by atoms with Crippen LogP contribution in [0.4, 0.5) is 5.69 Å². The number of hydrogen-bond donors (Lipinski definition) is 0. The van der Waals surface area contributed by atoms with Gasteiger partial charge in [-0.25, -0.2) is 0 Å². The highest BCUT2D eigenvalue weighted by molar-refractivity contribution is 7.99. The van der Waals surface area contributed by atoms with Gasteiger partial charge in [-0.3, -0.25) is 0 Å². The van der Waals surface area contributed by atoms with Crippen LogP contribution in [0.25, 0.3) is 0 Å². The first kappa shape index (κ1) is 10.6. The number of anilines is 1. The number of para-hydroxylation sites is 1. The van der Waals surface area contributed by atoms with E-state index < -0.39 is 0 Å². The summed E-state index contributed by atoms with van der Waals surface area (Å²) >= 11 is 1.87. The van der Waals surface area contributed by atoms with Gasteiger partial charge < -0.3 is 4.90 Å². The molecule has 1 saturated heterocycles. The van der Waals surface area contributed by atoms with Crippen molar-refractivity contribution in [2.75, 3.05) is 23.7 Å². The van der Waals surface area contributed by atoms with E-state index in [2.05, 4.69) is 35.7 Å². The van der Waals surface area contributed by atoms with Crippen molar-refractivity contribution in [3.05, 3.63) is 36.9 Å². The molecular formula is C13H17NS. The van der Waals surface area contributed by atoms with Crippen LogP contribution in [0.15, 0.2) is 41.8 Å². The van der Waals surface area contributed by atoms with Crippen LogP contribution >= 0.6 is 11.8 Å². The van der Waals surface area contributed by atoms with Crippen LogP contribution in [0.2, 0.25) is 0 Å². The fourth-order valence-corrected chi connectivity index (χ4v) is 2.76. The SMILES string of the molecule is C=CCSc1ccccc1N1CCCC1. The fraction of sp³-hybridized carbons (Fsp3) is 0.385. The van der Waals surface area contributed by atoms with E-state index in [1.807, 2.05) is 17.8 Å². The highest BCUT2D eigenvalue weighted by Gasteiger charge is 2.14. The number of nitrogens with zero attached hydrogens (tertiary/aromatic N) is 1. The summed E-state index contributed by atoms with van der Waals surface area (Å²) in [7, 11) is 0. The minimum Gasteiger partial charge on any atom is -0.371 e. The van der Waals surface area contributed by atoms with Crippen molar-refractivity contribution in [1.29, 1.82) is 0 Å². The van der Waals surface area contributed by atoms with Crippen LogP contribution in [-0.4, -0.2) is 18.8 Å². The Morgan fingerprint density at radius 3 is 2.73 bits per heavy atom. The molecule has 1 aliphatic heterocycles. The Kier molecular flexibility index (Phi) is 3.73. The van der Waals surface area contributed by atoms with Crippen LogP contribution in [-0.2, 0) is 0 Å². The lowest BCUT2D eigenvalue weighted by Crippen LogP contribution is -2.18. The lowest BCUT2D eigenvalue weighted by atomic mass is 10.3. The fourth-order valence-electron chi connectivity index (χ4n) is 1.95. The maximum atomic E-state index is 3.77. The van der Waals surface area contributed by atoms with Gasteiger partial charge in [0.15, 0.2) is 0 Å². The number of hydrogen-bond acceptors (Lipinski definition) is 2. The van der Waals surface area contributed by atoms with Crippen molar-refractivity contribution in [2.45, 2.75) is 17.7 Å². The van der Waals surface area contributed by atoms with E-state index in [9.17, 15) is 0 Å². The zero-order chi connectivity index (χ0) is 10.5. The quantitative estimate of drug-likeness (QED) is 0.562. The van der Waals surface area contributed by atoms with Crippen molar-refractivity contribution >= 4 is 17.4 Å². The lowest BCUT2D eigenvalue weighted by Gasteiger charge is -2.20. The van der Waals surface area contributed by atoms with Gasteiger partial charge in [0, 0.05) is 23.7 Å². The molecule has 80 valence electrons. The third-order valence-corrected chi connectivity index (χ3v) is 3.73. The molecule has 2 heteroatoms. The second-order valence-electron chi connectivity index (χ2n) is 3.76. The summed E-state index contributed by atoms with van der Waals surface area (Å²) in [5.74, 6) is 0.991. The average molecular weight is 219 g/mol. The third kappa shape index (κ3) is 2.57. The molecule has 2 rings (SSSR count). The molecule has 1 aliphatic rings. The van der Waals surface area contributed by atoms with E-state index >= 15 is 0 Å². The van der Waals surface area contributed by atoms with E-state index in [4.69, 9.17) is 0 Å². The molecule has 1 aromatic rings. The van der Waals surface area contributed by atoms with Crippen LogP contribution in [0.3, 0.4) is 0 Å². The summed E-state index contributed by atoms with van der Waals surface area (Å²) in [6, 6.07) is 8.69. The van der Waals surface area contributed by atoms with Crippen molar-refractivity contribution in [3.63, 3.8) is 0 Å². The van der Waals surface area contributed by atoms with E-state index in [-0.39, 0.29) is 0 Å². The molecule has 0 aromatic heterocycles. The second kappa shape index (κ2) is 5.26. The summed E-state index contributed by atoms with van der Waals surface area (Å²) in [5.41, 5.74) is 1.40. The van der Waals surface area contributed by atoms with Crippen molar-refractivity contribution in [2.24, 2.45) is 0 Å². The van der Waals surface area contributed by atoms with Crippen LogP contribution in [0, 0.1) is 0 Å². The van der Waals surface area contributed by atoms with Gasteiger partial charge in [0.1, 0.15) is 0 Å². The highest BCUT2D eigenvalue weighted by Crippen LogP contribution is 2.31. The molecule has 1 nitrogen and oxygen atoms in total. The molecule has 1 heterocycles. The highest BCUT2D eigenvalue weighted by atomic mass is 32.2. The number of rotatable bonds is 4. The molecule has 0 atom stereocenters. The summed E-state index contributed by atoms with van der Waals surface area (Å²) < 4.78 is 0. The van der Waals surface area contributed by atoms with Gasteiger partial charge in [0.25, 0.3) is 0 Å². The maximum Gasteiger partial charge on any atom is 0.0504 e. The Bertz CT molecular complexity index is 329. The van der Waals surface area contributed by atoms with Gasteiger partial charge in [-0.15, -0.1) is 18.3 Å². The normalized spacial score (nSPS) is 15.6. The van der Waals surface area contributed by atoms with E-state index in [1.54, 1.807) is 0 Å². The van der Waals surface area contributed by atoms with E-state index in [0.29, 0.717) is 0 Å². The first-order valence-corrected chi connectivity index (χ1v) is 6.48. The standard InChI is InChI=1S/C13H17NS/c1-2-11-15-13-8-4-3-7-12(13)14-9-5-6-10-14/h2-4,7-8H,1,5-6,9-11H2. The summed E-state index contributed by atoms with van der Waals surface area (Å²) in [6.07, 6.45) is 4.63. The van der Waals surface area contributed by atoms with Gasteiger partial charge in [-0.2, -0.15) is 0 Å². The molecule has 0 saturated carbocycles. The molecular weight excluding hydrogens is 202 g/mol. The number of benzene rings is 1. The van der Waals surface area contributed by atoms with Crippen LogP contribution < -0.4 is 4.90 Å². The van der Waals surface area contributed by atoms with Gasteiger partial charge in [-0.1, -0.05) is 18.2 Å². The minimum atomic E-state index is 0.991. The molecule has 15 heavy (non-hydrogen) atoms. The Morgan fingerprint density at radius 1 is 1.27 bits per heavy atom. The molecule has 0 radical (unpaired) electrons. The number of thioether (sulfide) groups is 1. The lowest BCUT2D eigenvalue weighted by molar-refractivity contribution is 0.949. The second-order valence-corrected chi connectivity index (χ2v) is 4.82. The van der Waals surface area contributed by atoms with Gasteiger partial charge in [-0.05, 0) is 25.0 Å². The predicted molar refractivity (Wildman–Crippen MR) is 68.8 cm³/mol. The van der Waals surface area contributed by atoms with E-state index in [1.165, 1.54) is 36.5 Å². The predicted octanol–water partition coefficient (Wildman–Crippen LogP) is 3.56. The summed E-state index contributed by atoms with van der Waals surface area (Å²) in [6.45, 7) is 6.20. The third-order valence-electron chi connectivity index (χ3n) is 2.67. The van der Waals surface area contributed by atoms with Gasteiger partial charge in [0.2, 0.25) is 0 Å². The molecule has 0 unspecified atom stereocenters. The zero-order valence-electron chi connectivity index (χ0n) is 8.98. The molecule has 0 bridgehead atoms. The monoisotopic (exact) mass is 219 g/mol. The molecule has 0 spiro atoms. The summed E-state index contributed by atoms with van der Waals surface area (Å²) in [5, 5.41) is 0. The first-order valence-electron chi connectivity index (χ1n) is 5.49. The smallest absolute Gasteiger partial charge is 0.0504 e. The van der Waals surface area contributed by atoms with Gasteiger partial charge in [0.05, 0.1) is 5.69 Å². The Balaban J connectivity index is 2.16. The first-order chi connectivity index (χ1) is 7.42. The molecule has 1 aromatic carbocycles. The van der Waals surface area contributed by atoms with Crippen LogP contribution in [0.5, 0.6) is 0 Å². The van der Waals surface area contributed by atoms with Crippen molar-refractivity contribution in [3.8, 4) is 0 Å². The largest absolute Gasteiger partial charge is 0.371 e. The van der Waals surface area contributed by atoms with Crippen molar-refractivity contribution in [1.82, 2.24) is 0 Å². The van der Waals surface area contributed by atoms with Gasteiger partial charge >= 0.3 is 0 Å². The molecule has 0 aliphatic carbocycles. The average Bonchev–Trinajstić information content (AvgIpc) is 2.80. The van der Waals surface area contributed by atoms with Crippen molar-refractivity contribution < 1.29 is 0 Å². The Labute approximate surface area is 96.2 Å². The Morgan fingerprint density at radius 2 is 2.00 bits per heavy atom. The van der Waals surface area contributed by atoms with Crippen LogP contribution in [0.1, 0.15) is 12.8 Å². The molecule has 0 N–H and O–H groups in total. The zero-order valence-corrected chi connectivity index (χ0v) is 9.80.